The van der Waals surface area contributed by atoms with Gasteiger partial charge in [-0.15, -0.1) is 0 Å². The molecule has 3 nitrogen and oxygen atoms in total. The van der Waals surface area contributed by atoms with E-state index in [0.29, 0.717) is 11.5 Å². The number of benzene rings is 2. The van der Waals surface area contributed by atoms with Crippen LogP contribution in [0.15, 0.2) is 58.1 Å². The van der Waals surface area contributed by atoms with Crippen LogP contribution in [-0.4, -0.2) is 20.0 Å². The summed E-state index contributed by atoms with van der Waals surface area (Å²) in [4.78, 5) is 12.7. The van der Waals surface area contributed by atoms with Crippen molar-refractivity contribution in [3.8, 4) is 11.5 Å². The summed E-state index contributed by atoms with van der Waals surface area (Å²) in [5.41, 5.74) is 3.60. The third-order valence-corrected chi connectivity index (χ3v) is 4.64. The number of rotatable bonds is 4. The third-order valence-electron chi connectivity index (χ3n) is 4.15. The second-order valence-electron chi connectivity index (χ2n) is 5.87. The summed E-state index contributed by atoms with van der Waals surface area (Å²) < 4.78 is 11.6. The number of ether oxygens (including phenoxy) is 2. The molecule has 0 atom stereocenters. The first-order valence-electron chi connectivity index (χ1n) is 8.03. The van der Waals surface area contributed by atoms with Gasteiger partial charge < -0.3 is 9.47 Å². The Labute approximate surface area is 156 Å². The van der Waals surface area contributed by atoms with Crippen LogP contribution in [0.25, 0.3) is 12.2 Å². The molecule has 0 aromatic heterocycles. The van der Waals surface area contributed by atoms with Gasteiger partial charge in [0.25, 0.3) is 0 Å². The summed E-state index contributed by atoms with van der Waals surface area (Å²) in [6, 6.07) is 13.6. The molecular weight excluding hydrogens is 380 g/mol. The summed E-state index contributed by atoms with van der Waals surface area (Å²) >= 11 is 3.46. The van der Waals surface area contributed by atoms with Gasteiger partial charge in [0.1, 0.15) is 11.5 Å². The number of methoxy groups -OCH3 is 2. The van der Waals surface area contributed by atoms with Gasteiger partial charge in [-0.3, -0.25) is 4.79 Å². The summed E-state index contributed by atoms with van der Waals surface area (Å²) in [7, 11) is 3.23. The molecule has 1 aliphatic rings. The lowest BCUT2D eigenvalue weighted by molar-refractivity contribution is -0.111. The zero-order valence-corrected chi connectivity index (χ0v) is 15.8. The van der Waals surface area contributed by atoms with E-state index in [1.54, 1.807) is 14.2 Å². The molecular formula is C21H19BrO3. The largest absolute Gasteiger partial charge is 0.497 e. The minimum Gasteiger partial charge on any atom is -0.497 e. The molecule has 4 heteroatoms. The molecule has 128 valence electrons. The van der Waals surface area contributed by atoms with E-state index in [1.165, 1.54) is 0 Å². The van der Waals surface area contributed by atoms with E-state index < -0.39 is 0 Å². The van der Waals surface area contributed by atoms with Crippen LogP contribution in [-0.2, 0) is 4.79 Å². The van der Waals surface area contributed by atoms with Crippen molar-refractivity contribution < 1.29 is 14.3 Å². The van der Waals surface area contributed by atoms with E-state index in [1.807, 2.05) is 54.6 Å². The lowest BCUT2D eigenvalue weighted by Gasteiger charge is -2.06. The molecule has 3 rings (SSSR count). The van der Waals surface area contributed by atoms with E-state index in [0.717, 1.165) is 39.6 Å². The van der Waals surface area contributed by atoms with E-state index >= 15 is 0 Å². The Morgan fingerprint density at radius 2 is 1.48 bits per heavy atom. The summed E-state index contributed by atoms with van der Waals surface area (Å²) in [5, 5.41) is 0. The van der Waals surface area contributed by atoms with Gasteiger partial charge in [-0.1, -0.05) is 28.1 Å². The minimum absolute atomic E-state index is 0.113. The van der Waals surface area contributed by atoms with Crippen molar-refractivity contribution in [1.82, 2.24) is 0 Å². The monoisotopic (exact) mass is 398 g/mol. The normalized spacial score (nSPS) is 17.3. The fraction of sp³-hybridized carbons (Fsp3) is 0.190. The topological polar surface area (TPSA) is 35.5 Å². The molecule has 0 bridgehead atoms. The zero-order chi connectivity index (χ0) is 17.8. The fourth-order valence-corrected chi connectivity index (χ4v) is 3.31. The maximum absolute atomic E-state index is 12.7. The second kappa shape index (κ2) is 7.70. The van der Waals surface area contributed by atoms with Gasteiger partial charge in [0.2, 0.25) is 0 Å². The lowest BCUT2D eigenvalue weighted by Crippen LogP contribution is -1.96. The number of hydrogen-bond acceptors (Lipinski definition) is 3. The number of carbonyl (C=O) groups is 1. The van der Waals surface area contributed by atoms with Crippen LogP contribution in [0.1, 0.15) is 24.0 Å². The maximum Gasteiger partial charge on any atom is 0.185 e. The van der Waals surface area contributed by atoms with Crippen LogP contribution in [0.5, 0.6) is 11.5 Å². The Balaban J connectivity index is 1.88. The first kappa shape index (κ1) is 17.5. The zero-order valence-electron chi connectivity index (χ0n) is 14.2. The molecule has 0 amide bonds. The van der Waals surface area contributed by atoms with Crippen LogP contribution in [0.2, 0.25) is 0 Å². The molecule has 0 heterocycles. The Bertz CT molecular complexity index is 843. The van der Waals surface area contributed by atoms with Crippen molar-refractivity contribution >= 4 is 33.9 Å². The van der Waals surface area contributed by atoms with Crippen molar-refractivity contribution in [2.24, 2.45) is 0 Å². The first-order chi connectivity index (χ1) is 12.1. The molecule has 1 saturated carbocycles. The minimum atomic E-state index is 0.113. The Morgan fingerprint density at radius 1 is 0.880 bits per heavy atom. The van der Waals surface area contributed by atoms with Gasteiger partial charge in [0, 0.05) is 21.7 Å². The molecule has 2 aromatic carbocycles. The van der Waals surface area contributed by atoms with Gasteiger partial charge >= 0.3 is 0 Å². The molecule has 0 spiro atoms. The Kier molecular flexibility index (Phi) is 5.39. The fourth-order valence-electron chi connectivity index (χ4n) is 2.89. The van der Waals surface area contributed by atoms with Crippen LogP contribution >= 0.6 is 15.9 Å². The summed E-state index contributed by atoms with van der Waals surface area (Å²) in [6.07, 6.45) is 5.41. The Morgan fingerprint density at radius 3 is 2.04 bits per heavy atom. The first-order valence-corrected chi connectivity index (χ1v) is 8.83. The highest BCUT2D eigenvalue weighted by Gasteiger charge is 2.23. The van der Waals surface area contributed by atoms with Crippen LogP contribution < -0.4 is 9.47 Å². The van der Waals surface area contributed by atoms with Crippen molar-refractivity contribution in [3.63, 3.8) is 0 Å². The van der Waals surface area contributed by atoms with Gasteiger partial charge in [-0.2, -0.15) is 0 Å². The van der Waals surface area contributed by atoms with Crippen molar-refractivity contribution in [2.45, 2.75) is 12.8 Å². The number of allylic oxidation sites excluding steroid dienone is 2. The predicted octanol–water partition coefficient (Wildman–Crippen LogP) is 5.30. The third kappa shape index (κ3) is 4.20. The highest BCUT2D eigenvalue weighted by molar-refractivity contribution is 9.10. The molecule has 0 aliphatic heterocycles. The molecule has 2 aromatic rings. The van der Waals surface area contributed by atoms with E-state index in [2.05, 4.69) is 15.9 Å². The molecule has 0 radical (unpaired) electrons. The van der Waals surface area contributed by atoms with Crippen LogP contribution in [0.4, 0.5) is 0 Å². The number of carbonyl (C=O) groups excluding carboxylic acids is 1. The summed E-state index contributed by atoms with van der Waals surface area (Å²) in [5.74, 6) is 1.53. The Hall–Kier alpha value is -2.33. The van der Waals surface area contributed by atoms with Gasteiger partial charge in [-0.25, -0.2) is 0 Å². The molecule has 0 unspecified atom stereocenters. The van der Waals surface area contributed by atoms with E-state index in [-0.39, 0.29) is 5.78 Å². The number of hydrogen-bond donors (Lipinski definition) is 0. The predicted molar refractivity (Wildman–Crippen MR) is 104 cm³/mol. The smallest absolute Gasteiger partial charge is 0.185 e. The standard InChI is InChI=1S/C21H19BrO3/c1-24-19-11-15(12-20(13-19)25-2)9-17-7-6-16(21(17)23)8-14-4-3-5-18(22)10-14/h3-5,8-13H,6-7H2,1-2H3/b16-8+,17-9+. The SMILES string of the molecule is COc1cc(/C=C2\CC/C(=C\c3cccc(Br)c3)C2=O)cc(OC)c1. The van der Waals surface area contributed by atoms with Gasteiger partial charge in [-0.05, 0) is 60.4 Å². The van der Waals surface area contributed by atoms with Gasteiger partial charge in [0.15, 0.2) is 5.78 Å². The quantitative estimate of drug-likeness (QED) is 0.655. The maximum atomic E-state index is 12.7. The molecule has 1 fully saturated rings. The molecule has 1 aliphatic carbocycles. The highest BCUT2D eigenvalue weighted by atomic mass is 79.9. The van der Waals surface area contributed by atoms with Gasteiger partial charge in [0.05, 0.1) is 14.2 Å². The van der Waals surface area contributed by atoms with Crippen LogP contribution in [0, 0.1) is 0 Å². The average Bonchev–Trinajstić information content (AvgIpc) is 2.94. The number of halogens is 1. The lowest BCUT2D eigenvalue weighted by atomic mass is 10.1. The molecule has 25 heavy (non-hydrogen) atoms. The van der Waals surface area contributed by atoms with E-state index in [4.69, 9.17) is 9.47 Å². The number of ketones is 1. The molecule has 0 saturated heterocycles. The second-order valence-corrected chi connectivity index (χ2v) is 6.78. The molecule has 0 N–H and O–H groups in total. The highest BCUT2D eigenvalue weighted by Crippen LogP contribution is 2.31. The van der Waals surface area contributed by atoms with Crippen LogP contribution in [0.3, 0.4) is 0 Å². The number of Topliss-reactive ketones (excluding diaryl/α,β-unsaturated/α-hetero) is 1. The summed E-state index contributed by atoms with van der Waals surface area (Å²) in [6.45, 7) is 0. The van der Waals surface area contributed by atoms with Crippen molar-refractivity contribution in [2.75, 3.05) is 14.2 Å². The van der Waals surface area contributed by atoms with Crippen molar-refractivity contribution in [3.05, 3.63) is 69.2 Å². The van der Waals surface area contributed by atoms with Crippen molar-refractivity contribution in [1.29, 1.82) is 0 Å². The average molecular weight is 399 g/mol. The van der Waals surface area contributed by atoms with E-state index in [9.17, 15) is 4.79 Å².